The molecule has 1 aromatic carbocycles. The average Bonchev–Trinajstić information content (AvgIpc) is 2.26. The molecule has 0 N–H and O–H groups in total. The first kappa shape index (κ1) is 12.4. The second-order valence-electron chi connectivity index (χ2n) is 3.31. The highest BCUT2D eigenvalue weighted by atomic mass is 35.5. The van der Waals surface area contributed by atoms with E-state index in [-0.39, 0.29) is 0 Å². The molecule has 80 valence electrons. The van der Waals surface area contributed by atoms with Crippen molar-refractivity contribution in [2.24, 2.45) is 0 Å². The molecule has 0 heterocycles. The van der Waals surface area contributed by atoms with Gasteiger partial charge in [-0.25, -0.2) is 0 Å². The molecule has 1 rings (SSSR count). The van der Waals surface area contributed by atoms with Gasteiger partial charge >= 0.3 is 0 Å². The highest BCUT2D eigenvalue weighted by molar-refractivity contribution is 7.99. The molecular formula is C12H14ClNS. The molecule has 0 aliphatic rings. The van der Waals surface area contributed by atoms with E-state index >= 15 is 0 Å². The highest BCUT2D eigenvalue weighted by Crippen LogP contribution is 2.28. The molecule has 1 aromatic rings. The quantitative estimate of drug-likeness (QED) is 0.558. The molecule has 0 aliphatic carbocycles. The van der Waals surface area contributed by atoms with Crippen molar-refractivity contribution in [3.63, 3.8) is 0 Å². The van der Waals surface area contributed by atoms with Crippen LogP contribution in [0.2, 0.25) is 5.02 Å². The number of unbranched alkanes of at least 4 members (excludes halogenated alkanes) is 2. The monoisotopic (exact) mass is 239 g/mol. The number of nitrogens with zero attached hydrogens (tertiary/aromatic N) is 1. The molecule has 3 heteroatoms. The van der Waals surface area contributed by atoms with E-state index in [0.29, 0.717) is 10.6 Å². The second kappa shape index (κ2) is 6.76. The van der Waals surface area contributed by atoms with E-state index in [9.17, 15) is 0 Å². The zero-order valence-electron chi connectivity index (χ0n) is 8.79. The van der Waals surface area contributed by atoms with E-state index in [1.165, 1.54) is 19.3 Å². The van der Waals surface area contributed by atoms with E-state index in [1.54, 1.807) is 17.8 Å². The largest absolute Gasteiger partial charge is 0.192 e. The summed E-state index contributed by atoms with van der Waals surface area (Å²) in [6, 6.07) is 7.55. The van der Waals surface area contributed by atoms with Gasteiger partial charge in [-0.05, 0) is 30.4 Å². The fourth-order valence-electron chi connectivity index (χ4n) is 1.22. The first-order valence-corrected chi connectivity index (χ1v) is 6.46. The summed E-state index contributed by atoms with van der Waals surface area (Å²) >= 11 is 7.81. The summed E-state index contributed by atoms with van der Waals surface area (Å²) in [5.74, 6) is 1.10. The van der Waals surface area contributed by atoms with Gasteiger partial charge in [0.2, 0.25) is 0 Å². The molecule has 0 amide bonds. The number of hydrogen-bond acceptors (Lipinski definition) is 2. The number of benzene rings is 1. The summed E-state index contributed by atoms with van der Waals surface area (Å²) in [6.45, 7) is 2.19. The number of hydrogen-bond donors (Lipinski definition) is 0. The molecule has 0 unspecified atom stereocenters. The predicted octanol–water partition coefficient (Wildman–Crippen LogP) is 4.49. The van der Waals surface area contributed by atoms with Crippen molar-refractivity contribution in [2.75, 3.05) is 5.75 Å². The summed E-state index contributed by atoms with van der Waals surface area (Å²) in [4.78, 5) is 1.08. The van der Waals surface area contributed by atoms with E-state index in [1.807, 2.05) is 12.1 Å². The molecule has 0 bridgehead atoms. The Kier molecular flexibility index (Phi) is 5.60. The number of halogens is 1. The van der Waals surface area contributed by atoms with Crippen LogP contribution in [-0.4, -0.2) is 5.75 Å². The smallest absolute Gasteiger partial charge is 0.0992 e. The van der Waals surface area contributed by atoms with Crippen LogP contribution in [0.15, 0.2) is 23.1 Å². The SMILES string of the molecule is CCCCCSc1ccc(C#N)cc1Cl. The molecule has 0 aromatic heterocycles. The van der Waals surface area contributed by atoms with Crippen molar-refractivity contribution in [3.8, 4) is 6.07 Å². The van der Waals surface area contributed by atoms with Crippen molar-refractivity contribution in [1.29, 1.82) is 5.26 Å². The summed E-state index contributed by atoms with van der Waals surface area (Å²) < 4.78 is 0. The number of rotatable bonds is 5. The first-order valence-electron chi connectivity index (χ1n) is 5.10. The van der Waals surface area contributed by atoms with Gasteiger partial charge in [-0.2, -0.15) is 5.26 Å². The molecule has 0 saturated carbocycles. The highest BCUT2D eigenvalue weighted by Gasteiger charge is 2.01. The van der Waals surface area contributed by atoms with Crippen LogP contribution in [-0.2, 0) is 0 Å². The second-order valence-corrected chi connectivity index (χ2v) is 4.86. The minimum atomic E-state index is 0.623. The van der Waals surface area contributed by atoms with Gasteiger partial charge in [0.15, 0.2) is 0 Å². The van der Waals surface area contributed by atoms with Crippen molar-refractivity contribution < 1.29 is 0 Å². The lowest BCUT2D eigenvalue weighted by molar-refractivity contribution is 0.778. The lowest BCUT2D eigenvalue weighted by Gasteiger charge is -2.03. The van der Waals surface area contributed by atoms with Crippen LogP contribution < -0.4 is 0 Å². The maximum atomic E-state index is 8.68. The first-order chi connectivity index (χ1) is 7.27. The van der Waals surface area contributed by atoms with Crippen molar-refractivity contribution in [1.82, 2.24) is 0 Å². The third kappa shape index (κ3) is 4.15. The van der Waals surface area contributed by atoms with Crippen LogP contribution >= 0.6 is 23.4 Å². The molecule has 0 fully saturated rings. The van der Waals surface area contributed by atoms with Crippen LogP contribution in [0.4, 0.5) is 0 Å². The summed E-state index contributed by atoms with van der Waals surface area (Å²) in [5, 5.41) is 9.37. The Morgan fingerprint density at radius 3 is 2.80 bits per heavy atom. The van der Waals surface area contributed by atoms with Crippen LogP contribution in [0.25, 0.3) is 0 Å². The van der Waals surface area contributed by atoms with Gasteiger partial charge in [0, 0.05) is 4.90 Å². The molecule has 0 spiro atoms. The minimum absolute atomic E-state index is 0.623. The average molecular weight is 240 g/mol. The maximum Gasteiger partial charge on any atom is 0.0992 e. The van der Waals surface area contributed by atoms with E-state index in [2.05, 4.69) is 13.0 Å². The Labute approximate surface area is 100 Å². The molecule has 0 atom stereocenters. The molecule has 0 saturated heterocycles. The van der Waals surface area contributed by atoms with Crippen LogP contribution in [0, 0.1) is 11.3 Å². The van der Waals surface area contributed by atoms with Gasteiger partial charge in [0.1, 0.15) is 0 Å². The summed E-state index contributed by atoms with van der Waals surface area (Å²) in [7, 11) is 0. The molecule has 0 radical (unpaired) electrons. The normalized spacial score (nSPS) is 9.93. The fourth-order valence-corrected chi connectivity index (χ4v) is 2.50. The van der Waals surface area contributed by atoms with Gasteiger partial charge in [-0.1, -0.05) is 31.4 Å². The van der Waals surface area contributed by atoms with Gasteiger partial charge in [0.25, 0.3) is 0 Å². The maximum absolute atomic E-state index is 8.68. The lowest BCUT2D eigenvalue weighted by Crippen LogP contribution is -1.82. The third-order valence-electron chi connectivity index (χ3n) is 2.07. The molecule has 15 heavy (non-hydrogen) atoms. The molecule has 1 nitrogen and oxygen atoms in total. The van der Waals surface area contributed by atoms with Gasteiger partial charge in [0.05, 0.1) is 16.7 Å². The Bertz CT molecular complexity index is 357. The Morgan fingerprint density at radius 2 is 2.20 bits per heavy atom. The van der Waals surface area contributed by atoms with Crippen LogP contribution in [0.5, 0.6) is 0 Å². The zero-order chi connectivity index (χ0) is 11.1. The van der Waals surface area contributed by atoms with E-state index in [0.717, 1.165) is 10.6 Å². The lowest BCUT2D eigenvalue weighted by atomic mass is 10.2. The minimum Gasteiger partial charge on any atom is -0.192 e. The van der Waals surface area contributed by atoms with Crippen molar-refractivity contribution >= 4 is 23.4 Å². The Balaban J connectivity index is 2.52. The molecular weight excluding hydrogens is 226 g/mol. The Morgan fingerprint density at radius 1 is 1.40 bits per heavy atom. The van der Waals surface area contributed by atoms with Gasteiger partial charge in [-0.15, -0.1) is 11.8 Å². The fraction of sp³-hybridized carbons (Fsp3) is 0.417. The van der Waals surface area contributed by atoms with E-state index in [4.69, 9.17) is 16.9 Å². The standard InChI is InChI=1S/C12H14ClNS/c1-2-3-4-7-15-12-6-5-10(9-14)8-11(12)13/h5-6,8H,2-4,7H2,1H3. The van der Waals surface area contributed by atoms with Gasteiger partial charge < -0.3 is 0 Å². The zero-order valence-corrected chi connectivity index (χ0v) is 10.4. The van der Waals surface area contributed by atoms with Crippen molar-refractivity contribution in [3.05, 3.63) is 28.8 Å². The van der Waals surface area contributed by atoms with E-state index < -0.39 is 0 Å². The topological polar surface area (TPSA) is 23.8 Å². The predicted molar refractivity (Wildman–Crippen MR) is 66.4 cm³/mol. The molecule has 0 aliphatic heterocycles. The number of thioether (sulfide) groups is 1. The summed E-state index contributed by atoms with van der Waals surface area (Å²) in [6.07, 6.45) is 3.72. The summed E-state index contributed by atoms with van der Waals surface area (Å²) in [5.41, 5.74) is 0.623. The van der Waals surface area contributed by atoms with Crippen LogP contribution in [0.3, 0.4) is 0 Å². The number of nitriles is 1. The Hall–Kier alpha value is -0.650. The van der Waals surface area contributed by atoms with Crippen molar-refractivity contribution in [2.45, 2.75) is 31.1 Å². The van der Waals surface area contributed by atoms with Crippen LogP contribution in [0.1, 0.15) is 31.7 Å². The van der Waals surface area contributed by atoms with Gasteiger partial charge in [-0.3, -0.25) is 0 Å². The third-order valence-corrected chi connectivity index (χ3v) is 3.65.